The number of carbonyl (C=O) groups is 1. The molecule has 0 aliphatic heterocycles. The second-order valence-electron chi connectivity index (χ2n) is 5.95. The standard InChI is InChI=1S/C16H24N2O/c1-11(2)16(19)18-15-6-4-5-14(10-15)17-12(3)9-13-7-8-13/h4-6,10-13,17H,7-9H2,1-3H3,(H,18,19). The summed E-state index contributed by atoms with van der Waals surface area (Å²) < 4.78 is 0. The van der Waals surface area contributed by atoms with Crippen LogP contribution in [0.4, 0.5) is 11.4 Å². The van der Waals surface area contributed by atoms with Gasteiger partial charge in [0.2, 0.25) is 5.91 Å². The average Bonchev–Trinajstić information content (AvgIpc) is 3.12. The van der Waals surface area contributed by atoms with Crippen LogP contribution in [0.1, 0.15) is 40.0 Å². The van der Waals surface area contributed by atoms with E-state index in [1.54, 1.807) is 0 Å². The topological polar surface area (TPSA) is 41.1 Å². The Kier molecular flexibility index (Phi) is 4.46. The molecule has 2 rings (SSSR count). The molecule has 1 aromatic rings. The van der Waals surface area contributed by atoms with Crippen molar-refractivity contribution in [1.29, 1.82) is 0 Å². The van der Waals surface area contributed by atoms with Crippen LogP contribution >= 0.6 is 0 Å². The highest BCUT2D eigenvalue weighted by molar-refractivity contribution is 5.92. The number of anilines is 2. The van der Waals surface area contributed by atoms with Gasteiger partial charge in [0.15, 0.2) is 0 Å². The zero-order valence-electron chi connectivity index (χ0n) is 12.1. The smallest absolute Gasteiger partial charge is 0.226 e. The van der Waals surface area contributed by atoms with Gasteiger partial charge < -0.3 is 10.6 Å². The summed E-state index contributed by atoms with van der Waals surface area (Å²) in [5, 5.41) is 6.43. The third-order valence-corrected chi connectivity index (χ3v) is 3.45. The SMILES string of the molecule is CC(CC1CC1)Nc1cccc(NC(=O)C(C)C)c1. The summed E-state index contributed by atoms with van der Waals surface area (Å²) in [6.45, 7) is 6.02. The highest BCUT2D eigenvalue weighted by atomic mass is 16.1. The molecular weight excluding hydrogens is 236 g/mol. The lowest BCUT2D eigenvalue weighted by atomic mass is 10.1. The van der Waals surface area contributed by atoms with Gasteiger partial charge in [-0.05, 0) is 37.5 Å². The van der Waals surface area contributed by atoms with Crippen molar-refractivity contribution in [2.24, 2.45) is 11.8 Å². The number of benzene rings is 1. The molecule has 0 heterocycles. The summed E-state index contributed by atoms with van der Waals surface area (Å²) in [6, 6.07) is 8.44. The van der Waals surface area contributed by atoms with Crippen LogP contribution in [0.25, 0.3) is 0 Å². The summed E-state index contributed by atoms with van der Waals surface area (Å²) >= 11 is 0. The van der Waals surface area contributed by atoms with Gasteiger partial charge in [-0.2, -0.15) is 0 Å². The first kappa shape index (κ1) is 13.9. The molecule has 3 heteroatoms. The predicted octanol–water partition coefficient (Wildman–Crippen LogP) is 3.88. The quantitative estimate of drug-likeness (QED) is 0.815. The molecule has 0 aromatic heterocycles. The van der Waals surface area contributed by atoms with Crippen LogP contribution < -0.4 is 10.6 Å². The van der Waals surface area contributed by atoms with E-state index >= 15 is 0 Å². The van der Waals surface area contributed by atoms with Crippen molar-refractivity contribution >= 4 is 17.3 Å². The van der Waals surface area contributed by atoms with E-state index < -0.39 is 0 Å². The third-order valence-electron chi connectivity index (χ3n) is 3.45. The lowest BCUT2D eigenvalue weighted by Gasteiger charge is -2.16. The van der Waals surface area contributed by atoms with Crippen molar-refractivity contribution in [3.63, 3.8) is 0 Å². The molecule has 0 spiro atoms. The van der Waals surface area contributed by atoms with Crippen molar-refractivity contribution in [2.45, 2.75) is 46.1 Å². The van der Waals surface area contributed by atoms with E-state index in [0.29, 0.717) is 6.04 Å². The van der Waals surface area contributed by atoms with Crippen molar-refractivity contribution < 1.29 is 4.79 Å². The lowest BCUT2D eigenvalue weighted by Crippen LogP contribution is -2.18. The summed E-state index contributed by atoms with van der Waals surface area (Å²) in [7, 11) is 0. The Morgan fingerprint density at radius 1 is 1.26 bits per heavy atom. The molecule has 1 unspecified atom stereocenters. The van der Waals surface area contributed by atoms with E-state index in [1.807, 2.05) is 32.0 Å². The maximum absolute atomic E-state index is 11.7. The van der Waals surface area contributed by atoms with E-state index in [4.69, 9.17) is 0 Å². The van der Waals surface area contributed by atoms with E-state index in [0.717, 1.165) is 17.3 Å². The average molecular weight is 260 g/mol. The molecule has 1 fully saturated rings. The van der Waals surface area contributed by atoms with Crippen LogP contribution in [0.2, 0.25) is 0 Å². The highest BCUT2D eigenvalue weighted by Gasteiger charge is 2.23. The maximum Gasteiger partial charge on any atom is 0.226 e. The molecule has 1 aromatic carbocycles. The summed E-state index contributed by atoms with van der Waals surface area (Å²) in [6.07, 6.45) is 4.01. The third kappa shape index (κ3) is 4.58. The Balaban J connectivity index is 1.92. The van der Waals surface area contributed by atoms with E-state index in [9.17, 15) is 4.79 Å². The fourth-order valence-electron chi connectivity index (χ4n) is 2.17. The van der Waals surface area contributed by atoms with Gasteiger partial charge in [0, 0.05) is 23.3 Å². The van der Waals surface area contributed by atoms with Gasteiger partial charge in [-0.15, -0.1) is 0 Å². The first-order valence-electron chi connectivity index (χ1n) is 7.22. The van der Waals surface area contributed by atoms with Crippen LogP contribution in [0.5, 0.6) is 0 Å². The minimum Gasteiger partial charge on any atom is -0.383 e. The summed E-state index contributed by atoms with van der Waals surface area (Å²) in [5.41, 5.74) is 1.94. The molecule has 0 bridgehead atoms. The molecule has 19 heavy (non-hydrogen) atoms. The van der Waals surface area contributed by atoms with Crippen LogP contribution in [0.15, 0.2) is 24.3 Å². The molecule has 0 radical (unpaired) electrons. The van der Waals surface area contributed by atoms with Crippen LogP contribution in [-0.2, 0) is 4.79 Å². The van der Waals surface area contributed by atoms with Crippen molar-refractivity contribution in [2.75, 3.05) is 10.6 Å². The molecule has 104 valence electrons. The molecule has 2 N–H and O–H groups in total. The van der Waals surface area contributed by atoms with Gasteiger partial charge in [-0.25, -0.2) is 0 Å². The molecule has 1 aliphatic rings. The van der Waals surface area contributed by atoms with E-state index in [1.165, 1.54) is 19.3 Å². The fraction of sp³-hybridized carbons (Fsp3) is 0.562. The molecule has 1 atom stereocenters. The van der Waals surface area contributed by atoms with Crippen molar-refractivity contribution in [1.82, 2.24) is 0 Å². The Hall–Kier alpha value is -1.51. The minimum absolute atomic E-state index is 0.00501. The van der Waals surface area contributed by atoms with E-state index in [2.05, 4.69) is 23.6 Å². The lowest BCUT2D eigenvalue weighted by molar-refractivity contribution is -0.118. The molecule has 1 saturated carbocycles. The number of hydrogen-bond acceptors (Lipinski definition) is 2. The van der Waals surface area contributed by atoms with Gasteiger partial charge in [-0.3, -0.25) is 4.79 Å². The molecule has 3 nitrogen and oxygen atoms in total. The Bertz CT molecular complexity index is 438. The molecular formula is C16H24N2O. The van der Waals surface area contributed by atoms with Crippen LogP contribution in [0.3, 0.4) is 0 Å². The Morgan fingerprint density at radius 2 is 1.95 bits per heavy atom. The fourth-order valence-corrected chi connectivity index (χ4v) is 2.17. The monoisotopic (exact) mass is 260 g/mol. The van der Waals surface area contributed by atoms with Gasteiger partial charge in [-0.1, -0.05) is 32.8 Å². The Morgan fingerprint density at radius 3 is 2.58 bits per heavy atom. The van der Waals surface area contributed by atoms with E-state index in [-0.39, 0.29) is 11.8 Å². The van der Waals surface area contributed by atoms with Crippen molar-refractivity contribution in [3.05, 3.63) is 24.3 Å². The first-order valence-corrected chi connectivity index (χ1v) is 7.22. The highest BCUT2D eigenvalue weighted by Crippen LogP contribution is 2.34. The molecule has 0 saturated heterocycles. The second-order valence-corrected chi connectivity index (χ2v) is 5.95. The van der Waals surface area contributed by atoms with Crippen LogP contribution in [0, 0.1) is 11.8 Å². The van der Waals surface area contributed by atoms with Gasteiger partial charge in [0.1, 0.15) is 0 Å². The zero-order valence-corrected chi connectivity index (χ0v) is 12.1. The maximum atomic E-state index is 11.7. The van der Waals surface area contributed by atoms with Crippen LogP contribution in [-0.4, -0.2) is 11.9 Å². The minimum atomic E-state index is 0.00501. The number of amides is 1. The normalized spacial score (nSPS) is 16.2. The number of carbonyl (C=O) groups excluding carboxylic acids is 1. The summed E-state index contributed by atoms with van der Waals surface area (Å²) in [4.78, 5) is 11.7. The summed E-state index contributed by atoms with van der Waals surface area (Å²) in [5.74, 6) is 0.986. The second kappa shape index (κ2) is 6.09. The Labute approximate surface area is 115 Å². The number of hydrogen-bond donors (Lipinski definition) is 2. The van der Waals surface area contributed by atoms with Crippen molar-refractivity contribution in [3.8, 4) is 0 Å². The first-order chi connectivity index (χ1) is 9.04. The van der Waals surface area contributed by atoms with Gasteiger partial charge in [0.05, 0.1) is 0 Å². The largest absolute Gasteiger partial charge is 0.383 e. The van der Waals surface area contributed by atoms with Gasteiger partial charge in [0.25, 0.3) is 0 Å². The van der Waals surface area contributed by atoms with Gasteiger partial charge >= 0.3 is 0 Å². The molecule has 1 amide bonds. The molecule has 1 aliphatic carbocycles. The zero-order chi connectivity index (χ0) is 13.8. The predicted molar refractivity (Wildman–Crippen MR) is 80.3 cm³/mol. The number of nitrogens with one attached hydrogen (secondary N) is 2. The number of rotatable bonds is 6.